The van der Waals surface area contributed by atoms with Gasteiger partial charge in [-0.25, -0.2) is 9.97 Å². The van der Waals surface area contributed by atoms with Gasteiger partial charge < -0.3 is 21.3 Å². The Balaban J connectivity index is 1.52. The largest absolute Gasteiger partial charge is 0.417 e. The molecule has 1 aromatic heterocycles. The number of alkyl halides is 3. The first-order valence-corrected chi connectivity index (χ1v) is 12.5. The van der Waals surface area contributed by atoms with Gasteiger partial charge in [0.1, 0.15) is 0 Å². The zero-order valence-electron chi connectivity index (χ0n) is 21.1. The van der Waals surface area contributed by atoms with Crippen LogP contribution in [0.15, 0.2) is 42.7 Å². The predicted octanol–water partition coefficient (Wildman–Crippen LogP) is 3.64. The van der Waals surface area contributed by atoms with Gasteiger partial charge in [-0.2, -0.15) is 13.2 Å². The molecule has 4 N–H and O–H groups in total. The zero-order valence-corrected chi connectivity index (χ0v) is 21.1. The van der Waals surface area contributed by atoms with Crippen LogP contribution in [0.2, 0.25) is 0 Å². The number of nitrogen functional groups attached to an aromatic ring is 1. The number of carbonyl (C=O) groups is 1. The van der Waals surface area contributed by atoms with Crippen molar-refractivity contribution in [3.8, 4) is 0 Å². The van der Waals surface area contributed by atoms with Crippen molar-refractivity contribution in [2.75, 3.05) is 56.1 Å². The summed E-state index contributed by atoms with van der Waals surface area (Å²) in [4.78, 5) is 25.2. The van der Waals surface area contributed by atoms with Crippen LogP contribution >= 0.6 is 0 Å². The number of nitrogens with two attached hydrogens (primary N) is 1. The number of rotatable bonds is 6. The summed E-state index contributed by atoms with van der Waals surface area (Å²) >= 11 is 0. The fourth-order valence-electron chi connectivity index (χ4n) is 5.02. The highest BCUT2D eigenvalue weighted by molar-refractivity contribution is 6.05. The second kappa shape index (κ2) is 10.6. The van der Waals surface area contributed by atoms with Crippen LogP contribution in [0.3, 0.4) is 0 Å². The van der Waals surface area contributed by atoms with Gasteiger partial charge in [-0.05, 0) is 53.9 Å². The molecule has 0 atom stereocenters. The van der Waals surface area contributed by atoms with Crippen molar-refractivity contribution in [3.05, 3.63) is 76.1 Å². The number of hydrogen-bond acceptors (Lipinski definition) is 7. The molecule has 0 aliphatic carbocycles. The van der Waals surface area contributed by atoms with E-state index in [-0.39, 0.29) is 35.7 Å². The predicted molar refractivity (Wildman–Crippen MR) is 140 cm³/mol. The molecular formula is C27H30F3N7O. The van der Waals surface area contributed by atoms with Crippen LogP contribution in [0.25, 0.3) is 0 Å². The van der Waals surface area contributed by atoms with Crippen molar-refractivity contribution in [2.45, 2.75) is 25.6 Å². The highest BCUT2D eigenvalue weighted by Gasteiger charge is 2.38. The molecule has 200 valence electrons. The summed E-state index contributed by atoms with van der Waals surface area (Å²) in [7, 11) is 2.00. The number of fused-ring (bicyclic) bond motifs is 1. The fraction of sp³-hybridized carbons (Fsp3) is 0.370. The Morgan fingerprint density at radius 3 is 2.55 bits per heavy atom. The third kappa shape index (κ3) is 5.73. The van der Waals surface area contributed by atoms with E-state index in [0.717, 1.165) is 37.3 Å². The summed E-state index contributed by atoms with van der Waals surface area (Å²) in [6.07, 6.45) is -1.06. The van der Waals surface area contributed by atoms with E-state index in [1.54, 1.807) is 18.2 Å². The summed E-state index contributed by atoms with van der Waals surface area (Å²) in [5, 5.41) is 5.97. The second-order valence-corrected chi connectivity index (χ2v) is 9.83. The SMILES string of the molecule is CN1CCN(Cc2ccc(NC(=O)c3ccc4c(c3)NCC4)c(Cc3cnc(N)nc3)c2C(F)(F)F)CC1. The number of halogens is 3. The summed E-state index contributed by atoms with van der Waals surface area (Å²) in [6, 6.07) is 8.34. The standard InChI is InChI=1S/C27H30F3N7O/c1-36-8-10-37(11-9-36)16-20-4-5-22(35-25(38)19-3-2-18-6-7-32-23(18)13-19)21(24(20)27(28,29)30)12-17-14-33-26(31)34-15-17/h2-5,13-15,32H,6-12,16H2,1H3,(H,35,38)(H2,31,33,34). The quantitative estimate of drug-likeness (QED) is 0.452. The molecular weight excluding hydrogens is 495 g/mol. The van der Waals surface area contributed by atoms with Gasteiger partial charge in [-0.3, -0.25) is 9.69 Å². The molecule has 2 aromatic carbocycles. The molecule has 1 amide bonds. The Hall–Kier alpha value is -3.70. The first kappa shape index (κ1) is 25.9. The van der Waals surface area contributed by atoms with Crippen molar-refractivity contribution in [1.82, 2.24) is 19.8 Å². The number of nitrogens with one attached hydrogen (secondary N) is 2. The van der Waals surface area contributed by atoms with E-state index in [9.17, 15) is 18.0 Å². The van der Waals surface area contributed by atoms with Crippen molar-refractivity contribution in [1.29, 1.82) is 0 Å². The first-order chi connectivity index (χ1) is 18.2. The maximum absolute atomic E-state index is 14.7. The molecule has 0 unspecified atom stereocenters. The second-order valence-electron chi connectivity index (χ2n) is 9.83. The number of benzene rings is 2. The normalized spacial score (nSPS) is 16.2. The Bertz CT molecular complexity index is 1320. The number of amides is 1. The maximum atomic E-state index is 14.7. The van der Waals surface area contributed by atoms with Crippen molar-refractivity contribution in [3.63, 3.8) is 0 Å². The number of aromatic nitrogens is 2. The van der Waals surface area contributed by atoms with E-state index in [1.807, 2.05) is 18.0 Å². The molecule has 0 bridgehead atoms. The monoisotopic (exact) mass is 525 g/mol. The van der Waals surface area contributed by atoms with Crippen LogP contribution in [-0.4, -0.2) is 65.4 Å². The third-order valence-electron chi connectivity index (χ3n) is 7.11. The highest BCUT2D eigenvalue weighted by Crippen LogP contribution is 2.40. The molecule has 5 rings (SSSR count). The lowest BCUT2D eigenvalue weighted by Gasteiger charge is -2.33. The summed E-state index contributed by atoms with van der Waals surface area (Å²) in [5.41, 5.74) is 7.91. The van der Waals surface area contributed by atoms with E-state index in [0.29, 0.717) is 24.2 Å². The van der Waals surface area contributed by atoms with Gasteiger partial charge >= 0.3 is 6.18 Å². The smallest absolute Gasteiger partial charge is 0.384 e. The van der Waals surface area contributed by atoms with Crippen LogP contribution in [0.4, 0.5) is 30.5 Å². The van der Waals surface area contributed by atoms with Gasteiger partial charge in [-0.1, -0.05) is 12.1 Å². The van der Waals surface area contributed by atoms with Crippen LogP contribution < -0.4 is 16.4 Å². The topological polar surface area (TPSA) is 99.4 Å². The lowest BCUT2D eigenvalue weighted by atomic mass is 9.93. The van der Waals surface area contributed by atoms with Crippen LogP contribution in [0.1, 0.15) is 38.2 Å². The molecule has 3 aromatic rings. The van der Waals surface area contributed by atoms with E-state index in [2.05, 4.69) is 25.5 Å². The summed E-state index contributed by atoms with van der Waals surface area (Å²) in [6.45, 7) is 3.90. The van der Waals surface area contributed by atoms with Crippen molar-refractivity contribution in [2.24, 2.45) is 0 Å². The lowest BCUT2D eigenvalue weighted by Crippen LogP contribution is -2.44. The fourth-order valence-corrected chi connectivity index (χ4v) is 5.02. The number of carbonyl (C=O) groups excluding carboxylic acids is 1. The molecule has 11 heteroatoms. The molecule has 0 radical (unpaired) electrons. The molecule has 38 heavy (non-hydrogen) atoms. The number of likely N-dealkylation sites (N-methyl/N-ethyl adjacent to an activating group) is 1. The molecule has 0 spiro atoms. The van der Waals surface area contributed by atoms with Crippen LogP contribution in [0, 0.1) is 0 Å². The van der Waals surface area contributed by atoms with E-state index < -0.39 is 17.6 Å². The summed E-state index contributed by atoms with van der Waals surface area (Å²) in [5.74, 6) is -0.441. The molecule has 3 heterocycles. The summed E-state index contributed by atoms with van der Waals surface area (Å²) < 4.78 is 44.1. The molecule has 1 fully saturated rings. The molecule has 1 saturated heterocycles. The number of nitrogens with zero attached hydrogens (tertiary/aromatic N) is 4. The Morgan fingerprint density at radius 1 is 1.11 bits per heavy atom. The van der Waals surface area contributed by atoms with E-state index in [1.165, 1.54) is 18.5 Å². The van der Waals surface area contributed by atoms with Crippen molar-refractivity contribution < 1.29 is 18.0 Å². The Morgan fingerprint density at radius 2 is 1.84 bits per heavy atom. The maximum Gasteiger partial charge on any atom is 0.417 e. The number of piperazine rings is 1. The number of anilines is 3. The first-order valence-electron chi connectivity index (χ1n) is 12.5. The van der Waals surface area contributed by atoms with Gasteiger partial charge in [0.15, 0.2) is 0 Å². The van der Waals surface area contributed by atoms with E-state index >= 15 is 0 Å². The average Bonchev–Trinajstić information content (AvgIpc) is 3.35. The third-order valence-corrected chi connectivity index (χ3v) is 7.11. The van der Waals surface area contributed by atoms with Crippen molar-refractivity contribution >= 4 is 23.2 Å². The van der Waals surface area contributed by atoms with Gasteiger partial charge in [0.25, 0.3) is 5.91 Å². The molecule has 0 saturated carbocycles. The Kier molecular flexibility index (Phi) is 7.22. The van der Waals surface area contributed by atoms with Gasteiger partial charge in [-0.15, -0.1) is 0 Å². The van der Waals surface area contributed by atoms with Gasteiger partial charge in [0, 0.05) is 75.0 Å². The van der Waals surface area contributed by atoms with Gasteiger partial charge in [0.05, 0.1) is 5.56 Å². The average molecular weight is 526 g/mol. The zero-order chi connectivity index (χ0) is 26.9. The minimum Gasteiger partial charge on any atom is -0.384 e. The number of hydrogen-bond donors (Lipinski definition) is 3. The van der Waals surface area contributed by atoms with Crippen LogP contribution in [0.5, 0.6) is 0 Å². The molecule has 8 nitrogen and oxygen atoms in total. The molecule has 2 aliphatic heterocycles. The van der Waals surface area contributed by atoms with Gasteiger partial charge in [0.2, 0.25) is 5.95 Å². The molecule has 2 aliphatic rings. The van der Waals surface area contributed by atoms with E-state index in [4.69, 9.17) is 5.73 Å². The van der Waals surface area contributed by atoms with Crippen LogP contribution in [-0.2, 0) is 25.6 Å². The lowest BCUT2D eigenvalue weighted by molar-refractivity contribution is -0.139. The minimum absolute atomic E-state index is 0.0230. The minimum atomic E-state index is -4.63. The Labute approximate surface area is 219 Å². The highest BCUT2D eigenvalue weighted by atomic mass is 19.4.